The maximum Gasteiger partial charge on any atom is 0.325 e. The van der Waals surface area contributed by atoms with Crippen molar-refractivity contribution in [3.63, 3.8) is 0 Å². The maximum atomic E-state index is 13.4. The fraction of sp³-hybridized carbons (Fsp3) is 0.429. The molecular formula is C14H19FN2O3. The lowest BCUT2D eigenvalue weighted by Crippen LogP contribution is -2.35. The molecule has 20 heavy (non-hydrogen) atoms. The number of nitrogen functional groups attached to an aromatic ring is 1. The molecule has 0 aliphatic heterocycles. The number of halogens is 1. The molecule has 0 spiro atoms. The first kappa shape index (κ1) is 15.9. The number of nitrogens with one attached hydrogen (secondary N) is 1. The zero-order valence-corrected chi connectivity index (χ0v) is 11.8. The summed E-state index contributed by atoms with van der Waals surface area (Å²) in [5, 5.41) is 2.38. The smallest absolute Gasteiger partial charge is 0.325 e. The van der Waals surface area contributed by atoms with Crippen LogP contribution in [0.3, 0.4) is 0 Å². The summed E-state index contributed by atoms with van der Waals surface area (Å²) in [5.74, 6) is -1.52. The van der Waals surface area contributed by atoms with Crippen LogP contribution in [0.5, 0.6) is 0 Å². The van der Waals surface area contributed by atoms with Gasteiger partial charge in [-0.3, -0.25) is 9.59 Å². The molecule has 0 aliphatic carbocycles. The number of nitrogens with two attached hydrogens (primary N) is 1. The SMILES string of the molecule is CC(C)(C)OC(=O)CNC(=O)Cc1cc(N)ccc1F. The van der Waals surface area contributed by atoms with Gasteiger partial charge in [0.05, 0.1) is 6.42 Å². The molecule has 3 N–H and O–H groups in total. The third-order valence-electron chi connectivity index (χ3n) is 2.27. The highest BCUT2D eigenvalue weighted by Crippen LogP contribution is 2.12. The maximum absolute atomic E-state index is 13.4. The van der Waals surface area contributed by atoms with Crippen LogP contribution in [-0.2, 0) is 20.7 Å². The number of amides is 1. The van der Waals surface area contributed by atoms with Gasteiger partial charge in [-0.2, -0.15) is 0 Å². The summed E-state index contributed by atoms with van der Waals surface area (Å²) in [6.07, 6.45) is -0.181. The summed E-state index contributed by atoms with van der Waals surface area (Å²) in [7, 11) is 0. The fourth-order valence-electron chi connectivity index (χ4n) is 1.51. The summed E-state index contributed by atoms with van der Waals surface area (Å²) in [6, 6.07) is 4.01. The first-order valence-corrected chi connectivity index (χ1v) is 6.20. The monoisotopic (exact) mass is 282 g/mol. The molecule has 0 bridgehead atoms. The van der Waals surface area contributed by atoms with Crippen LogP contribution < -0.4 is 11.1 Å². The van der Waals surface area contributed by atoms with Gasteiger partial charge in [0.1, 0.15) is 18.0 Å². The van der Waals surface area contributed by atoms with Crippen molar-refractivity contribution in [2.75, 3.05) is 12.3 Å². The van der Waals surface area contributed by atoms with Crippen LogP contribution in [0.4, 0.5) is 10.1 Å². The quantitative estimate of drug-likeness (QED) is 0.646. The second kappa shape index (κ2) is 6.36. The molecule has 6 heteroatoms. The van der Waals surface area contributed by atoms with Crippen molar-refractivity contribution in [2.45, 2.75) is 32.8 Å². The van der Waals surface area contributed by atoms with Crippen molar-refractivity contribution in [2.24, 2.45) is 0 Å². The summed E-state index contributed by atoms with van der Waals surface area (Å²) in [4.78, 5) is 23.0. The minimum Gasteiger partial charge on any atom is -0.459 e. The molecule has 0 radical (unpaired) electrons. The lowest BCUT2D eigenvalue weighted by Gasteiger charge is -2.19. The highest BCUT2D eigenvalue weighted by atomic mass is 19.1. The van der Waals surface area contributed by atoms with E-state index in [-0.39, 0.29) is 18.5 Å². The van der Waals surface area contributed by atoms with Crippen LogP contribution in [0.25, 0.3) is 0 Å². The molecule has 1 aromatic rings. The van der Waals surface area contributed by atoms with Gasteiger partial charge >= 0.3 is 5.97 Å². The molecule has 0 heterocycles. The molecule has 0 aromatic heterocycles. The third kappa shape index (κ3) is 5.69. The van der Waals surface area contributed by atoms with Gasteiger partial charge in [-0.25, -0.2) is 4.39 Å². The molecule has 0 unspecified atom stereocenters. The predicted molar refractivity (Wildman–Crippen MR) is 73.4 cm³/mol. The zero-order valence-electron chi connectivity index (χ0n) is 11.8. The topological polar surface area (TPSA) is 81.4 Å². The van der Waals surface area contributed by atoms with E-state index in [9.17, 15) is 14.0 Å². The lowest BCUT2D eigenvalue weighted by molar-refractivity contribution is -0.154. The van der Waals surface area contributed by atoms with Crippen molar-refractivity contribution in [3.05, 3.63) is 29.6 Å². The van der Waals surface area contributed by atoms with Crippen molar-refractivity contribution in [1.82, 2.24) is 5.32 Å². The summed E-state index contributed by atoms with van der Waals surface area (Å²) in [6.45, 7) is 4.94. The van der Waals surface area contributed by atoms with E-state index in [1.807, 2.05) is 0 Å². The zero-order chi connectivity index (χ0) is 15.3. The van der Waals surface area contributed by atoms with Crippen LogP contribution in [-0.4, -0.2) is 24.0 Å². The Morgan fingerprint density at radius 2 is 2.00 bits per heavy atom. The molecule has 0 aliphatic rings. The molecule has 1 rings (SSSR count). The molecule has 0 atom stereocenters. The molecular weight excluding hydrogens is 263 g/mol. The van der Waals surface area contributed by atoms with E-state index < -0.39 is 23.3 Å². The van der Waals surface area contributed by atoms with Gasteiger partial charge in [-0.05, 0) is 44.5 Å². The van der Waals surface area contributed by atoms with Gasteiger partial charge in [0.15, 0.2) is 0 Å². The molecule has 1 amide bonds. The molecule has 0 fully saturated rings. The van der Waals surface area contributed by atoms with Crippen LogP contribution in [0.2, 0.25) is 0 Å². The summed E-state index contributed by atoms with van der Waals surface area (Å²) in [5.41, 5.74) is 5.48. The van der Waals surface area contributed by atoms with Crippen LogP contribution in [0.1, 0.15) is 26.3 Å². The molecule has 110 valence electrons. The first-order chi connectivity index (χ1) is 9.17. The van der Waals surface area contributed by atoms with Gasteiger partial charge in [-0.1, -0.05) is 0 Å². The Kier molecular flexibility index (Phi) is 5.07. The first-order valence-electron chi connectivity index (χ1n) is 6.20. The third-order valence-corrected chi connectivity index (χ3v) is 2.27. The van der Waals surface area contributed by atoms with E-state index in [0.717, 1.165) is 0 Å². The fourth-order valence-corrected chi connectivity index (χ4v) is 1.51. The second-order valence-corrected chi connectivity index (χ2v) is 5.39. The minimum absolute atomic E-state index is 0.181. The number of anilines is 1. The molecule has 1 aromatic carbocycles. The standard InChI is InChI=1S/C14H19FN2O3/c1-14(2,3)20-13(19)8-17-12(18)7-9-6-10(16)4-5-11(9)15/h4-6H,7-8,16H2,1-3H3,(H,17,18). The number of carbonyl (C=O) groups is 2. The van der Waals surface area contributed by atoms with Crippen molar-refractivity contribution >= 4 is 17.6 Å². The van der Waals surface area contributed by atoms with E-state index in [1.54, 1.807) is 20.8 Å². The van der Waals surface area contributed by atoms with Gasteiger partial charge in [0.2, 0.25) is 5.91 Å². The van der Waals surface area contributed by atoms with Gasteiger partial charge in [0, 0.05) is 5.69 Å². The van der Waals surface area contributed by atoms with Crippen LogP contribution in [0, 0.1) is 5.82 Å². The lowest BCUT2D eigenvalue weighted by atomic mass is 10.1. The van der Waals surface area contributed by atoms with Crippen LogP contribution in [0.15, 0.2) is 18.2 Å². The average molecular weight is 282 g/mol. The minimum atomic E-state index is -0.609. The second-order valence-electron chi connectivity index (χ2n) is 5.39. The highest BCUT2D eigenvalue weighted by molar-refractivity contribution is 5.83. The predicted octanol–water partition coefficient (Wildman–Crippen LogP) is 1.41. The van der Waals surface area contributed by atoms with Gasteiger partial charge < -0.3 is 15.8 Å². The Hall–Kier alpha value is -2.11. The van der Waals surface area contributed by atoms with E-state index in [4.69, 9.17) is 10.5 Å². The number of rotatable bonds is 4. The van der Waals surface area contributed by atoms with E-state index in [0.29, 0.717) is 5.69 Å². The summed E-state index contributed by atoms with van der Waals surface area (Å²) >= 11 is 0. The van der Waals surface area contributed by atoms with Crippen LogP contribution >= 0.6 is 0 Å². The highest BCUT2D eigenvalue weighted by Gasteiger charge is 2.17. The van der Waals surface area contributed by atoms with E-state index in [1.165, 1.54) is 18.2 Å². The normalized spacial score (nSPS) is 11.0. The van der Waals surface area contributed by atoms with E-state index in [2.05, 4.69) is 5.32 Å². The van der Waals surface area contributed by atoms with Crippen molar-refractivity contribution in [1.29, 1.82) is 0 Å². The van der Waals surface area contributed by atoms with Gasteiger partial charge in [-0.15, -0.1) is 0 Å². The Bertz CT molecular complexity index is 510. The molecule has 5 nitrogen and oxygen atoms in total. The average Bonchev–Trinajstić information content (AvgIpc) is 2.29. The number of carbonyl (C=O) groups excluding carboxylic acids is 2. The van der Waals surface area contributed by atoms with Crippen molar-refractivity contribution in [3.8, 4) is 0 Å². The number of ether oxygens (including phenoxy) is 1. The largest absolute Gasteiger partial charge is 0.459 e. The van der Waals surface area contributed by atoms with E-state index >= 15 is 0 Å². The molecule has 0 saturated heterocycles. The number of hydrogen-bond donors (Lipinski definition) is 2. The van der Waals surface area contributed by atoms with Gasteiger partial charge in [0.25, 0.3) is 0 Å². The Balaban J connectivity index is 2.48. The number of hydrogen-bond acceptors (Lipinski definition) is 4. The molecule has 0 saturated carbocycles. The number of benzene rings is 1. The summed E-state index contributed by atoms with van der Waals surface area (Å²) < 4.78 is 18.5. The Morgan fingerprint density at radius 3 is 2.60 bits per heavy atom. The Labute approximate surface area is 117 Å². The number of esters is 1. The van der Waals surface area contributed by atoms with Crippen molar-refractivity contribution < 1.29 is 18.7 Å². The Morgan fingerprint density at radius 1 is 1.35 bits per heavy atom.